The van der Waals surface area contributed by atoms with Gasteiger partial charge in [-0.3, -0.25) is 0 Å². The number of anilines is 2. The molecule has 1 fully saturated rings. The summed E-state index contributed by atoms with van der Waals surface area (Å²) in [6.07, 6.45) is 0. The highest BCUT2D eigenvalue weighted by atomic mass is 19.1. The molecule has 32 heavy (non-hydrogen) atoms. The number of ether oxygens (including phenoxy) is 1. The van der Waals surface area contributed by atoms with E-state index in [0.717, 1.165) is 22.8 Å². The normalized spacial score (nSPS) is 13.7. The Labute approximate surface area is 186 Å². The molecule has 1 aromatic heterocycles. The quantitative estimate of drug-likeness (QED) is 0.645. The summed E-state index contributed by atoms with van der Waals surface area (Å²) in [7, 11) is 0. The van der Waals surface area contributed by atoms with E-state index in [4.69, 9.17) is 4.74 Å². The first-order valence-corrected chi connectivity index (χ1v) is 10.7. The van der Waals surface area contributed by atoms with Crippen molar-refractivity contribution in [1.29, 1.82) is 0 Å². The molecule has 0 spiro atoms. The number of carbonyl (C=O) groups excluding carboxylic acids is 1. The Kier molecular flexibility index (Phi) is 6.49. The minimum Gasteiger partial charge on any atom is -0.494 e. The monoisotopic (exact) mass is 435 g/mol. The van der Waals surface area contributed by atoms with Gasteiger partial charge in [-0.15, -0.1) is 10.2 Å². The van der Waals surface area contributed by atoms with Crippen LogP contribution in [0.15, 0.2) is 54.6 Å². The van der Waals surface area contributed by atoms with Crippen LogP contribution in [-0.4, -0.2) is 53.9 Å². The van der Waals surface area contributed by atoms with Crippen LogP contribution in [0.2, 0.25) is 0 Å². The number of amides is 2. The number of piperazine rings is 1. The molecule has 0 aliphatic carbocycles. The van der Waals surface area contributed by atoms with Gasteiger partial charge in [-0.2, -0.15) is 0 Å². The molecule has 1 aliphatic rings. The van der Waals surface area contributed by atoms with E-state index >= 15 is 0 Å². The van der Waals surface area contributed by atoms with Crippen LogP contribution in [0.3, 0.4) is 0 Å². The van der Waals surface area contributed by atoms with Gasteiger partial charge in [0.1, 0.15) is 11.6 Å². The zero-order chi connectivity index (χ0) is 22.5. The first kappa shape index (κ1) is 21.5. The van der Waals surface area contributed by atoms with E-state index < -0.39 is 0 Å². The average molecular weight is 436 g/mol. The molecule has 2 amide bonds. The summed E-state index contributed by atoms with van der Waals surface area (Å²) in [6, 6.07) is 16.1. The fourth-order valence-electron chi connectivity index (χ4n) is 3.55. The molecular formula is C24H26FN5O2. The number of hydrogen-bond donors (Lipinski definition) is 1. The molecule has 4 rings (SSSR count). The Hall–Kier alpha value is -3.68. The molecular weight excluding hydrogens is 409 g/mol. The van der Waals surface area contributed by atoms with E-state index in [1.54, 1.807) is 24.0 Å². The van der Waals surface area contributed by atoms with Crippen LogP contribution < -0.4 is 15.0 Å². The highest BCUT2D eigenvalue weighted by molar-refractivity contribution is 5.89. The van der Waals surface area contributed by atoms with Gasteiger partial charge < -0.3 is 19.9 Å². The van der Waals surface area contributed by atoms with E-state index in [9.17, 15) is 9.18 Å². The summed E-state index contributed by atoms with van der Waals surface area (Å²) in [6.45, 7) is 6.65. The third-order valence-corrected chi connectivity index (χ3v) is 5.43. The Bertz CT molecular complexity index is 1060. The third-order valence-electron chi connectivity index (χ3n) is 5.43. The van der Waals surface area contributed by atoms with Crippen molar-refractivity contribution in [1.82, 2.24) is 15.1 Å². The molecule has 1 N–H and O–H groups in total. The summed E-state index contributed by atoms with van der Waals surface area (Å²) < 4.78 is 19.2. The lowest BCUT2D eigenvalue weighted by Gasteiger charge is -2.35. The van der Waals surface area contributed by atoms with Gasteiger partial charge in [0.05, 0.1) is 12.3 Å². The van der Waals surface area contributed by atoms with Crippen LogP contribution in [0.4, 0.5) is 20.7 Å². The van der Waals surface area contributed by atoms with E-state index in [2.05, 4.69) is 20.4 Å². The molecule has 0 saturated carbocycles. The van der Waals surface area contributed by atoms with Gasteiger partial charge >= 0.3 is 6.03 Å². The predicted molar refractivity (Wildman–Crippen MR) is 123 cm³/mol. The molecule has 0 atom stereocenters. The first-order chi connectivity index (χ1) is 15.5. The third kappa shape index (κ3) is 4.96. The van der Waals surface area contributed by atoms with Gasteiger partial charge in [-0.05, 0) is 67.9 Å². The molecule has 3 aromatic rings. The summed E-state index contributed by atoms with van der Waals surface area (Å²) in [5, 5.41) is 11.5. The number of rotatable bonds is 5. The summed E-state index contributed by atoms with van der Waals surface area (Å²) >= 11 is 0. The number of nitrogens with zero attached hydrogens (tertiary/aromatic N) is 4. The Morgan fingerprint density at radius 3 is 2.41 bits per heavy atom. The van der Waals surface area contributed by atoms with Crippen molar-refractivity contribution >= 4 is 17.5 Å². The zero-order valence-electron chi connectivity index (χ0n) is 18.2. The van der Waals surface area contributed by atoms with Crippen molar-refractivity contribution in [3.05, 3.63) is 66.0 Å². The number of hydrogen-bond acceptors (Lipinski definition) is 5. The summed E-state index contributed by atoms with van der Waals surface area (Å²) in [5.41, 5.74) is 2.77. The molecule has 2 heterocycles. The smallest absolute Gasteiger partial charge is 0.321 e. The second kappa shape index (κ2) is 9.64. The number of carbonyl (C=O) groups is 1. The van der Waals surface area contributed by atoms with Crippen LogP contribution in [0, 0.1) is 12.7 Å². The van der Waals surface area contributed by atoms with E-state index in [-0.39, 0.29) is 11.8 Å². The molecule has 2 aromatic carbocycles. The zero-order valence-corrected chi connectivity index (χ0v) is 18.2. The number of aromatic nitrogens is 2. The minimum absolute atomic E-state index is 0.232. The van der Waals surface area contributed by atoms with Crippen LogP contribution in [0.25, 0.3) is 11.3 Å². The van der Waals surface area contributed by atoms with E-state index in [1.807, 2.05) is 43.3 Å². The van der Waals surface area contributed by atoms with Crippen molar-refractivity contribution in [2.24, 2.45) is 0 Å². The fourth-order valence-corrected chi connectivity index (χ4v) is 3.55. The predicted octanol–water partition coefficient (Wildman–Crippen LogP) is 4.34. The van der Waals surface area contributed by atoms with Crippen LogP contribution in [0.1, 0.15) is 12.5 Å². The van der Waals surface area contributed by atoms with Gasteiger partial charge in [-0.25, -0.2) is 9.18 Å². The molecule has 0 bridgehead atoms. The Morgan fingerprint density at radius 1 is 1.03 bits per heavy atom. The van der Waals surface area contributed by atoms with Crippen molar-refractivity contribution in [2.75, 3.05) is 43.0 Å². The maximum atomic E-state index is 13.7. The van der Waals surface area contributed by atoms with Crippen molar-refractivity contribution in [3.63, 3.8) is 0 Å². The second-order valence-electron chi connectivity index (χ2n) is 7.60. The fraction of sp³-hybridized carbons (Fsp3) is 0.292. The lowest BCUT2D eigenvalue weighted by molar-refractivity contribution is 0.208. The van der Waals surface area contributed by atoms with Crippen LogP contribution >= 0.6 is 0 Å². The van der Waals surface area contributed by atoms with E-state index in [0.29, 0.717) is 44.0 Å². The Balaban J connectivity index is 1.32. The maximum Gasteiger partial charge on any atom is 0.321 e. The molecule has 166 valence electrons. The second-order valence-corrected chi connectivity index (χ2v) is 7.60. The standard InChI is InChI=1S/C24H26FN5O2/c1-3-32-20-8-5-18(6-9-20)22-10-11-23(28-27-22)29-12-14-30(15-13-29)24(31)26-19-7-4-17(2)21(25)16-19/h4-11,16H,3,12-15H2,1-2H3,(H,26,31). The lowest BCUT2D eigenvalue weighted by Crippen LogP contribution is -2.50. The van der Waals surface area contributed by atoms with Crippen molar-refractivity contribution < 1.29 is 13.9 Å². The van der Waals surface area contributed by atoms with Gasteiger partial charge in [0.15, 0.2) is 5.82 Å². The highest BCUT2D eigenvalue weighted by Gasteiger charge is 2.22. The molecule has 0 radical (unpaired) electrons. The molecule has 8 heteroatoms. The SMILES string of the molecule is CCOc1ccc(-c2ccc(N3CCN(C(=O)Nc4ccc(C)c(F)c4)CC3)nn2)cc1. The van der Waals surface area contributed by atoms with Crippen molar-refractivity contribution in [2.45, 2.75) is 13.8 Å². The highest BCUT2D eigenvalue weighted by Crippen LogP contribution is 2.22. The topological polar surface area (TPSA) is 70.6 Å². The largest absolute Gasteiger partial charge is 0.494 e. The first-order valence-electron chi connectivity index (χ1n) is 10.7. The molecule has 0 unspecified atom stereocenters. The number of halogens is 1. The number of urea groups is 1. The summed E-state index contributed by atoms with van der Waals surface area (Å²) in [5.74, 6) is 1.27. The summed E-state index contributed by atoms with van der Waals surface area (Å²) in [4.78, 5) is 16.3. The van der Waals surface area contributed by atoms with Crippen LogP contribution in [-0.2, 0) is 0 Å². The van der Waals surface area contributed by atoms with Crippen molar-refractivity contribution in [3.8, 4) is 17.0 Å². The molecule has 1 aliphatic heterocycles. The average Bonchev–Trinajstić information content (AvgIpc) is 2.82. The lowest BCUT2D eigenvalue weighted by atomic mass is 10.1. The van der Waals surface area contributed by atoms with Gasteiger partial charge in [0.25, 0.3) is 0 Å². The number of aryl methyl sites for hydroxylation is 1. The van der Waals surface area contributed by atoms with E-state index in [1.165, 1.54) is 6.07 Å². The maximum absolute atomic E-state index is 13.7. The number of benzene rings is 2. The van der Waals surface area contributed by atoms with Gasteiger partial charge in [0, 0.05) is 37.4 Å². The van der Waals surface area contributed by atoms with Crippen LogP contribution in [0.5, 0.6) is 5.75 Å². The number of nitrogens with one attached hydrogen (secondary N) is 1. The molecule has 7 nitrogen and oxygen atoms in total. The molecule has 1 saturated heterocycles. The Morgan fingerprint density at radius 2 is 1.78 bits per heavy atom. The van der Waals surface area contributed by atoms with Gasteiger partial charge in [-0.1, -0.05) is 6.07 Å². The minimum atomic E-state index is -0.333. The van der Waals surface area contributed by atoms with Gasteiger partial charge in [0.2, 0.25) is 0 Å².